The van der Waals surface area contributed by atoms with Gasteiger partial charge in [-0.15, -0.1) is 0 Å². The Bertz CT molecular complexity index is 758. The lowest BCUT2D eigenvalue weighted by atomic mass is 10.0. The largest absolute Gasteiger partial charge is 0.380 e. The van der Waals surface area contributed by atoms with E-state index in [2.05, 4.69) is 24.8 Å². The molecule has 1 N–H and O–H groups in total. The maximum atomic E-state index is 12.5. The van der Waals surface area contributed by atoms with Gasteiger partial charge in [0.05, 0.1) is 11.9 Å². The van der Waals surface area contributed by atoms with Crippen LogP contribution in [0.25, 0.3) is 5.95 Å². The van der Waals surface area contributed by atoms with E-state index in [4.69, 9.17) is 4.74 Å². The Hall–Kier alpha value is -2.07. The van der Waals surface area contributed by atoms with Crippen molar-refractivity contribution in [1.82, 2.24) is 24.7 Å². The number of rotatable bonds is 7. The first-order chi connectivity index (χ1) is 11.6. The Kier molecular flexibility index (Phi) is 5.05. The molecule has 1 fully saturated rings. The van der Waals surface area contributed by atoms with Crippen LogP contribution in [0.15, 0.2) is 24.8 Å². The van der Waals surface area contributed by atoms with Gasteiger partial charge in [-0.3, -0.25) is 4.72 Å². The van der Waals surface area contributed by atoms with Crippen molar-refractivity contribution in [3.8, 4) is 5.95 Å². The molecule has 0 saturated heterocycles. The number of aromatic nitrogens is 5. The van der Waals surface area contributed by atoms with E-state index in [-0.39, 0.29) is 29.7 Å². The molecule has 0 aromatic carbocycles. The molecule has 1 atom stereocenters. The molecule has 0 spiro atoms. The Labute approximate surface area is 140 Å². The van der Waals surface area contributed by atoms with Gasteiger partial charge in [0.1, 0.15) is 6.33 Å². The van der Waals surface area contributed by atoms with Crippen molar-refractivity contribution in [3.63, 3.8) is 0 Å². The third kappa shape index (κ3) is 3.88. The summed E-state index contributed by atoms with van der Waals surface area (Å²) in [5.41, 5.74) is 0. The number of anilines is 1. The van der Waals surface area contributed by atoms with E-state index in [1.807, 2.05) is 0 Å². The number of hydrogen-bond donors (Lipinski definition) is 1. The number of hydrogen-bond acceptors (Lipinski definition) is 7. The van der Waals surface area contributed by atoms with E-state index in [0.717, 1.165) is 25.7 Å². The predicted molar refractivity (Wildman–Crippen MR) is 87.1 cm³/mol. The molecule has 2 heterocycles. The van der Waals surface area contributed by atoms with Gasteiger partial charge in [-0.05, 0) is 24.8 Å². The van der Waals surface area contributed by atoms with Crippen LogP contribution in [0, 0.1) is 5.92 Å². The second-order valence-corrected chi connectivity index (χ2v) is 7.51. The third-order valence-corrected chi connectivity index (χ3v) is 5.41. The van der Waals surface area contributed by atoms with Crippen molar-refractivity contribution in [2.24, 2.45) is 5.92 Å². The molecule has 0 aliphatic heterocycles. The molecule has 3 rings (SSSR count). The van der Waals surface area contributed by atoms with Crippen LogP contribution >= 0.6 is 0 Å². The fraction of sp³-hybridized carbons (Fsp3) is 0.571. The van der Waals surface area contributed by atoms with Crippen molar-refractivity contribution < 1.29 is 13.2 Å². The Morgan fingerprint density at radius 1 is 1.29 bits per heavy atom. The van der Waals surface area contributed by atoms with Gasteiger partial charge in [0.15, 0.2) is 0 Å². The molecule has 1 aliphatic rings. The minimum absolute atomic E-state index is 0.0578. The number of ether oxygens (including phenoxy) is 1. The first-order valence-corrected chi connectivity index (χ1v) is 9.45. The van der Waals surface area contributed by atoms with Crippen LogP contribution in [-0.4, -0.2) is 52.1 Å². The maximum absolute atomic E-state index is 12.5. The number of sulfonamides is 1. The highest BCUT2D eigenvalue weighted by Gasteiger charge is 2.30. The van der Waals surface area contributed by atoms with Crippen LogP contribution in [0.1, 0.15) is 25.7 Å². The SMILES string of the molecule is COC(CS(=O)(=O)Nc1ncnn1-c1ncccn1)C1CCCC1. The second-order valence-electron chi connectivity index (χ2n) is 5.75. The van der Waals surface area contributed by atoms with Crippen LogP contribution < -0.4 is 4.72 Å². The monoisotopic (exact) mass is 352 g/mol. The zero-order valence-electron chi connectivity index (χ0n) is 13.4. The van der Waals surface area contributed by atoms with E-state index >= 15 is 0 Å². The Balaban J connectivity index is 1.74. The zero-order chi connectivity index (χ0) is 17.0. The summed E-state index contributed by atoms with van der Waals surface area (Å²) < 4.78 is 34.1. The fourth-order valence-corrected chi connectivity index (χ4v) is 4.32. The van der Waals surface area contributed by atoms with Gasteiger partial charge in [0.25, 0.3) is 5.95 Å². The highest BCUT2D eigenvalue weighted by atomic mass is 32.2. The summed E-state index contributed by atoms with van der Waals surface area (Å²) in [5, 5.41) is 3.97. The third-order valence-electron chi connectivity index (χ3n) is 4.15. The highest BCUT2D eigenvalue weighted by Crippen LogP contribution is 2.29. The van der Waals surface area contributed by atoms with Crippen LogP contribution in [0.5, 0.6) is 0 Å². The number of nitrogens with one attached hydrogen (secondary N) is 1. The lowest BCUT2D eigenvalue weighted by Crippen LogP contribution is -2.33. The van der Waals surface area contributed by atoms with Gasteiger partial charge in [0.2, 0.25) is 16.0 Å². The Morgan fingerprint density at radius 2 is 2.00 bits per heavy atom. The molecule has 1 unspecified atom stereocenters. The standard InChI is InChI=1S/C14H20N6O3S/c1-23-12(11-5-2-3-6-11)9-24(21,22)19-14-17-10-18-20(14)13-15-7-4-8-16-13/h4,7-8,10-12H,2-3,5-6,9H2,1H3,(H,17,18,19). The van der Waals surface area contributed by atoms with Gasteiger partial charge in [-0.1, -0.05) is 12.8 Å². The first kappa shape index (κ1) is 16.8. The summed E-state index contributed by atoms with van der Waals surface area (Å²) >= 11 is 0. The van der Waals surface area contributed by atoms with E-state index in [1.165, 1.54) is 11.0 Å². The lowest BCUT2D eigenvalue weighted by molar-refractivity contribution is 0.0718. The molecule has 24 heavy (non-hydrogen) atoms. The average molecular weight is 352 g/mol. The highest BCUT2D eigenvalue weighted by molar-refractivity contribution is 7.92. The van der Waals surface area contributed by atoms with Gasteiger partial charge < -0.3 is 4.74 Å². The topological polar surface area (TPSA) is 112 Å². The number of methoxy groups -OCH3 is 1. The van der Waals surface area contributed by atoms with Crippen molar-refractivity contribution in [2.75, 3.05) is 17.6 Å². The van der Waals surface area contributed by atoms with Gasteiger partial charge in [-0.2, -0.15) is 14.8 Å². The molecule has 0 radical (unpaired) electrons. The van der Waals surface area contributed by atoms with E-state index in [9.17, 15) is 8.42 Å². The zero-order valence-corrected chi connectivity index (χ0v) is 14.2. The molecular formula is C14H20N6O3S. The van der Waals surface area contributed by atoms with Crippen LogP contribution in [0.2, 0.25) is 0 Å². The molecule has 9 nitrogen and oxygen atoms in total. The van der Waals surface area contributed by atoms with E-state index in [1.54, 1.807) is 25.6 Å². The maximum Gasteiger partial charge on any atom is 0.253 e. The predicted octanol–water partition coefficient (Wildman–Crippen LogP) is 1.00. The molecule has 2 aromatic heterocycles. The molecule has 1 saturated carbocycles. The minimum Gasteiger partial charge on any atom is -0.380 e. The van der Waals surface area contributed by atoms with Gasteiger partial charge in [-0.25, -0.2) is 18.4 Å². The summed E-state index contributed by atoms with van der Waals surface area (Å²) in [7, 11) is -2.08. The second kappa shape index (κ2) is 7.22. The van der Waals surface area contributed by atoms with E-state index < -0.39 is 10.0 Å². The molecule has 2 aromatic rings. The van der Waals surface area contributed by atoms with Crippen molar-refractivity contribution >= 4 is 16.0 Å². The average Bonchev–Trinajstić information content (AvgIpc) is 3.25. The van der Waals surface area contributed by atoms with Crippen LogP contribution in [0.4, 0.5) is 5.95 Å². The van der Waals surface area contributed by atoms with Crippen LogP contribution in [-0.2, 0) is 14.8 Å². The smallest absolute Gasteiger partial charge is 0.253 e. The molecule has 130 valence electrons. The molecular weight excluding hydrogens is 332 g/mol. The normalized spacial score (nSPS) is 17.0. The van der Waals surface area contributed by atoms with Crippen molar-refractivity contribution in [1.29, 1.82) is 0 Å². The molecule has 10 heteroatoms. The van der Waals surface area contributed by atoms with Gasteiger partial charge >= 0.3 is 0 Å². The van der Waals surface area contributed by atoms with Crippen molar-refractivity contribution in [3.05, 3.63) is 24.8 Å². The van der Waals surface area contributed by atoms with Crippen LogP contribution in [0.3, 0.4) is 0 Å². The van der Waals surface area contributed by atoms with Gasteiger partial charge in [0, 0.05) is 19.5 Å². The summed E-state index contributed by atoms with van der Waals surface area (Å²) in [5.74, 6) is 0.465. The molecule has 0 amide bonds. The summed E-state index contributed by atoms with van der Waals surface area (Å²) in [6.07, 6.45) is 8.26. The molecule has 1 aliphatic carbocycles. The Morgan fingerprint density at radius 3 is 2.67 bits per heavy atom. The summed E-state index contributed by atoms with van der Waals surface area (Å²) in [6.45, 7) is 0. The first-order valence-electron chi connectivity index (χ1n) is 7.80. The molecule has 0 bridgehead atoms. The number of nitrogens with zero attached hydrogens (tertiary/aromatic N) is 5. The van der Waals surface area contributed by atoms with E-state index in [0.29, 0.717) is 0 Å². The fourth-order valence-electron chi connectivity index (χ4n) is 2.98. The minimum atomic E-state index is -3.64. The summed E-state index contributed by atoms with van der Waals surface area (Å²) in [6, 6.07) is 1.66. The summed E-state index contributed by atoms with van der Waals surface area (Å²) in [4.78, 5) is 12.0. The van der Waals surface area contributed by atoms with Crippen molar-refractivity contribution in [2.45, 2.75) is 31.8 Å². The quantitative estimate of drug-likeness (QED) is 0.791. The lowest BCUT2D eigenvalue weighted by Gasteiger charge is -2.21.